The lowest BCUT2D eigenvalue weighted by molar-refractivity contribution is -0.188. The van der Waals surface area contributed by atoms with Gasteiger partial charge in [0.25, 0.3) is 0 Å². The van der Waals surface area contributed by atoms with Crippen molar-refractivity contribution >= 4 is 34.2 Å². The van der Waals surface area contributed by atoms with Crippen LogP contribution in [-0.2, 0) is 9.59 Å². The molecule has 7 nitrogen and oxygen atoms in total. The number of pyridine rings is 1. The first-order valence-electron chi connectivity index (χ1n) is 9.49. The van der Waals surface area contributed by atoms with Crippen molar-refractivity contribution in [2.75, 3.05) is 11.9 Å². The van der Waals surface area contributed by atoms with E-state index in [0.29, 0.717) is 27.1 Å². The molecule has 1 unspecified atom stereocenters. The van der Waals surface area contributed by atoms with Crippen molar-refractivity contribution in [1.29, 1.82) is 5.26 Å². The molecule has 4 rings (SSSR count). The van der Waals surface area contributed by atoms with Gasteiger partial charge in [-0.1, -0.05) is 6.08 Å². The molecule has 1 aliphatic heterocycles. The van der Waals surface area contributed by atoms with E-state index in [-0.39, 0.29) is 24.2 Å². The lowest BCUT2D eigenvalue weighted by Gasteiger charge is -2.36. The van der Waals surface area contributed by atoms with Gasteiger partial charge >= 0.3 is 6.18 Å². The zero-order valence-electron chi connectivity index (χ0n) is 15.8. The molecule has 1 atom stereocenters. The summed E-state index contributed by atoms with van der Waals surface area (Å²) in [5.41, 5.74) is 1.38. The number of anilines is 1. The maximum Gasteiger partial charge on any atom is 0.409 e. The van der Waals surface area contributed by atoms with Gasteiger partial charge in [-0.15, -0.1) is 0 Å². The second-order valence-corrected chi connectivity index (χ2v) is 7.43. The number of rotatable bonds is 4. The average Bonchev–Trinajstić information content (AvgIpc) is 3.45. The molecule has 3 heterocycles. The van der Waals surface area contributed by atoms with Crippen LogP contribution in [-0.4, -0.2) is 45.4 Å². The smallest absolute Gasteiger partial charge is 0.346 e. The van der Waals surface area contributed by atoms with Crippen LogP contribution in [0.5, 0.6) is 0 Å². The van der Waals surface area contributed by atoms with Gasteiger partial charge in [0, 0.05) is 30.5 Å². The molecule has 2 aromatic rings. The minimum atomic E-state index is -4.64. The molecule has 2 N–H and O–H groups in total. The number of carbonyl (C=O) groups excluding carboxylic acids is 2. The fraction of sp³-hybridized carbons (Fsp3) is 0.400. The summed E-state index contributed by atoms with van der Waals surface area (Å²) in [6.07, 6.45) is -0.876. The fourth-order valence-electron chi connectivity index (χ4n) is 3.64. The largest absolute Gasteiger partial charge is 0.409 e. The normalized spacial score (nSPS) is 19.3. The molecule has 10 heteroatoms. The highest BCUT2D eigenvalue weighted by atomic mass is 19.4. The predicted octanol–water partition coefficient (Wildman–Crippen LogP) is 3.37. The second-order valence-electron chi connectivity index (χ2n) is 7.43. The second kappa shape index (κ2) is 7.48. The highest BCUT2D eigenvalue weighted by Gasteiger charge is 2.47. The number of H-pyrrole nitrogens is 1. The van der Waals surface area contributed by atoms with E-state index in [1.165, 1.54) is 0 Å². The van der Waals surface area contributed by atoms with Crippen molar-refractivity contribution in [3.8, 4) is 6.07 Å². The van der Waals surface area contributed by atoms with E-state index < -0.39 is 31.0 Å². The Bertz CT molecular complexity index is 1080. The molecule has 1 fully saturated rings. The Hall–Kier alpha value is -3.35. The number of aromatic nitrogens is 2. The molecular formula is C20H18F3N5O2. The Labute approximate surface area is 169 Å². The van der Waals surface area contributed by atoms with Crippen LogP contribution in [0.25, 0.3) is 16.6 Å². The molecule has 2 aliphatic rings. The summed E-state index contributed by atoms with van der Waals surface area (Å²) in [4.78, 5) is 32.1. The van der Waals surface area contributed by atoms with E-state index in [9.17, 15) is 22.8 Å². The minimum absolute atomic E-state index is 0.0437. The summed E-state index contributed by atoms with van der Waals surface area (Å²) >= 11 is 0. The van der Waals surface area contributed by atoms with Crippen LogP contribution < -0.4 is 5.32 Å². The average molecular weight is 417 g/mol. The van der Waals surface area contributed by atoms with Gasteiger partial charge in [-0.25, -0.2) is 4.98 Å². The van der Waals surface area contributed by atoms with Crippen LogP contribution in [0, 0.1) is 17.2 Å². The first kappa shape index (κ1) is 19.9. The van der Waals surface area contributed by atoms with Crippen LogP contribution in [0.2, 0.25) is 0 Å². The summed E-state index contributed by atoms with van der Waals surface area (Å²) in [6, 6.07) is 2.87. The Morgan fingerprint density at radius 1 is 1.37 bits per heavy atom. The monoisotopic (exact) mass is 417 g/mol. The summed E-state index contributed by atoms with van der Waals surface area (Å²) in [5, 5.41) is 12.0. The molecular weight excluding hydrogens is 399 g/mol. The van der Waals surface area contributed by atoms with Crippen LogP contribution in [0.4, 0.5) is 19.0 Å². The molecule has 156 valence electrons. The van der Waals surface area contributed by atoms with E-state index in [2.05, 4.69) is 15.3 Å². The third-order valence-corrected chi connectivity index (χ3v) is 5.33. The minimum Gasteiger partial charge on any atom is -0.346 e. The molecule has 0 bridgehead atoms. The fourth-order valence-corrected chi connectivity index (χ4v) is 3.64. The highest BCUT2D eigenvalue weighted by molar-refractivity contribution is 5.97. The van der Waals surface area contributed by atoms with Gasteiger partial charge in [-0.05, 0) is 36.1 Å². The predicted molar refractivity (Wildman–Crippen MR) is 102 cm³/mol. The number of hydrogen-bond acceptors (Lipinski definition) is 4. The summed E-state index contributed by atoms with van der Waals surface area (Å²) in [7, 11) is 0. The van der Waals surface area contributed by atoms with Gasteiger partial charge in [0.2, 0.25) is 11.8 Å². The molecule has 30 heavy (non-hydrogen) atoms. The zero-order valence-corrected chi connectivity index (χ0v) is 15.8. The molecule has 0 spiro atoms. The zero-order chi connectivity index (χ0) is 21.5. The van der Waals surface area contributed by atoms with Crippen molar-refractivity contribution in [3.63, 3.8) is 0 Å². The van der Waals surface area contributed by atoms with E-state index >= 15 is 0 Å². The third-order valence-electron chi connectivity index (χ3n) is 5.33. The van der Waals surface area contributed by atoms with Gasteiger partial charge in [0.05, 0.1) is 6.07 Å². The number of nitriles is 1. The SMILES string of the molecule is N#CCC(=O)N1CC=C(c2cc(NC(=O)C3CC3)nc3[nH]ccc23)CC1C(F)(F)F. The maximum atomic E-state index is 13.7. The lowest BCUT2D eigenvalue weighted by atomic mass is 9.92. The van der Waals surface area contributed by atoms with Gasteiger partial charge < -0.3 is 15.2 Å². The highest BCUT2D eigenvalue weighted by Crippen LogP contribution is 2.38. The number of nitrogens with zero attached hydrogens (tertiary/aromatic N) is 3. The van der Waals surface area contributed by atoms with E-state index in [1.807, 2.05) is 0 Å². The first-order valence-corrected chi connectivity index (χ1v) is 9.49. The van der Waals surface area contributed by atoms with Crippen LogP contribution in [0.1, 0.15) is 31.2 Å². The third kappa shape index (κ3) is 3.87. The number of aromatic amines is 1. The molecule has 0 saturated heterocycles. The quantitative estimate of drug-likeness (QED) is 0.796. The molecule has 2 aromatic heterocycles. The molecule has 1 aliphatic carbocycles. The summed E-state index contributed by atoms with van der Waals surface area (Å²) in [6.45, 7) is -0.252. The van der Waals surface area contributed by atoms with Crippen molar-refractivity contribution in [2.45, 2.75) is 37.9 Å². The number of amides is 2. The van der Waals surface area contributed by atoms with Gasteiger partial charge in [-0.2, -0.15) is 18.4 Å². The number of halogens is 3. The Morgan fingerprint density at radius 2 is 2.13 bits per heavy atom. The number of alkyl halides is 3. The van der Waals surface area contributed by atoms with Crippen molar-refractivity contribution in [2.24, 2.45) is 5.92 Å². The van der Waals surface area contributed by atoms with Gasteiger partial charge in [0.1, 0.15) is 23.9 Å². The van der Waals surface area contributed by atoms with Crippen LogP contribution in [0.3, 0.4) is 0 Å². The van der Waals surface area contributed by atoms with E-state index in [1.54, 1.807) is 30.5 Å². The molecule has 0 radical (unpaired) electrons. The van der Waals surface area contributed by atoms with E-state index in [0.717, 1.165) is 12.8 Å². The molecule has 0 aromatic carbocycles. The van der Waals surface area contributed by atoms with E-state index in [4.69, 9.17) is 5.26 Å². The van der Waals surface area contributed by atoms with Crippen molar-refractivity contribution in [1.82, 2.24) is 14.9 Å². The Balaban J connectivity index is 1.70. The molecule has 2 amide bonds. The Kier molecular flexibility index (Phi) is 4.97. The summed E-state index contributed by atoms with van der Waals surface area (Å²) in [5.74, 6) is -0.783. The number of carbonyl (C=O) groups is 2. The summed E-state index contributed by atoms with van der Waals surface area (Å²) < 4.78 is 41.1. The number of hydrogen-bond donors (Lipinski definition) is 2. The standard InChI is InChI=1S/C20H18F3N5O2/c21-20(22,23)15-9-12(5-8-28(15)17(29)3-6-24)14-10-16(27-19(30)11-1-2-11)26-18-13(14)4-7-25-18/h4-5,7,10-11,15H,1-3,8-9H2,(H2,25,26,27,30). The van der Waals surface area contributed by atoms with Gasteiger partial charge in [0.15, 0.2) is 0 Å². The van der Waals surface area contributed by atoms with Crippen molar-refractivity contribution < 1.29 is 22.8 Å². The molecule has 1 saturated carbocycles. The maximum absolute atomic E-state index is 13.7. The Morgan fingerprint density at radius 3 is 2.80 bits per heavy atom. The van der Waals surface area contributed by atoms with Gasteiger partial charge in [-0.3, -0.25) is 9.59 Å². The first-order chi connectivity index (χ1) is 14.3. The number of fused-ring (bicyclic) bond motifs is 1. The van der Waals surface area contributed by atoms with Crippen LogP contribution >= 0.6 is 0 Å². The number of nitrogens with one attached hydrogen (secondary N) is 2. The topological polar surface area (TPSA) is 102 Å². The lowest BCUT2D eigenvalue weighted by Crippen LogP contribution is -2.50. The van der Waals surface area contributed by atoms with Crippen LogP contribution in [0.15, 0.2) is 24.4 Å². The van der Waals surface area contributed by atoms with Crippen molar-refractivity contribution in [3.05, 3.63) is 30.0 Å².